The average Bonchev–Trinajstić information content (AvgIpc) is 3.22. The molecule has 1 saturated heterocycles. The van der Waals surface area contributed by atoms with E-state index in [-0.39, 0.29) is 5.91 Å². The second kappa shape index (κ2) is 8.95. The van der Waals surface area contributed by atoms with Gasteiger partial charge in [0, 0.05) is 42.1 Å². The molecular weight excluding hydrogens is 406 g/mol. The fourth-order valence-electron chi connectivity index (χ4n) is 3.43. The smallest absolute Gasteiger partial charge is 0.257 e. The number of nitrogens with zero attached hydrogens (tertiary/aromatic N) is 3. The standard InChI is InChI=1S/C22H22ClN3O2S/c1-28-20-5-3-2-4-18(20)22(27)26-12-10-25(11-13-26)14-21-24-19(15-29-21)16-6-8-17(23)9-7-16/h2-9,15H,10-14H2,1H3. The highest BCUT2D eigenvalue weighted by molar-refractivity contribution is 7.09. The van der Waals surface area contributed by atoms with E-state index in [2.05, 4.69) is 10.3 Å². The molecule has 0 atom stereocenters. The molecule has 1 fully saturated rings. The molecule has 1 aliphatic heterocycles. The number of piperazine rings is 1. The lowest BCUT2D eigenvalue weighted by Gasteiger charge is -2.34. The lowest BCUT2D eigenvalue weighted by molar-refractivity contribution is 0.0625. The van der Waals surface area contributed by atoms with Gasteiger partial charge in [-0.05, 0) is 24.3 Å². The molecule has 1 aromatic heterocycles. The van der Waals surface area contributed by atoms with Gasteiger partial charge in [0.2, 0.25) is 0 Å². The van der Waals surface area contributed by atoms with Crippen molar-refractivity contribution in [2.45, 2.75) is 6.54 Å². The number of aromatic nitrogens is 1. The Hall–Kier alpha value is -2.41. The molecule has 0 radical (unpaired) electrons. The summed E-state index contributed by atoms with van der Waals surface area (Å²) in [5.74, 6) is 0.652. The highest BCUT2D eigenvalue weighted by atomic mass is 35.5. The van der Waals surface area contributed by atoms with Crippen LogP contribution in [0.5, 0.6) is 5.75 Å². The number of amides is 1. The van der Waals surface area contributed by atoms with Gasteiger partial charge in [0.1, 0.15) is 10.8 Å². The Balaban J connectivity index is 1.34. The number of carbonyl (C=O) groups is 1. The van der Waals surface area contributed by atoms with Gasteiger partial charge in [0.05, 0.1) is 24.9 Å². The van der Waals surface area contributed by atoms with Crippen molar-refractivity contribution >= 4 is 28.8 Å². The number of ether oxygens (including phenoxy) is 1. The summed E-state index contributed by atoms with van der Waals surface area (Å²) < 4.78 is 5.33. The van der Waals surface area contributed by atoms with Crippen molar-refractivity contribution in [3.05, 3.63) is 69.5 Å². The topological polar surface area (TPSA) is 45.7 Å². The molecule has 0 spiro atoms. The number of methoxy groups -OCH3 is 1. The number of carbonyl (C=O) groups excluding carboxylic acids is 1. The molecule has 0 N–H and O–H groups in total. The molecule has 1 amide bonds. The van der Waals surface area contributed by atoms with E-state index in [0.717, 1.165) is 40.9 Å². The molecule has 150 valence electrons. The van der Waals surface area contributed by atoms with E-state index in [9.17, 15) is 4.79 Å². The van der Waals surface area contributed by atoms with Gasteiger partial charge in [0.15, 0.2) is 0 Å². The Morgan fingerprint density at radius 1 is 1.10 bits per heavy atom. The first-order valence-corrected chi connectivity index (χ1v) is 10.7. The Bertz CT molecular complexity index is 982. The summed E-state index contributed by atoms with van der Waals surface area (Å²) in [6.45, 7) is 3.86. The number of benzene rings is 2. The summed E-state index contributed by atoms with van der Waals surface area (Å²) in [5, 5.41) is 3.89. The lowest BCUT2D eigenvalue weighted by Crippen LogP contribution is -2.48. The first-order valence-electron chi connectivity index (χ1n) is 9.49. The van der Waals surface area contributed by atoms with E-state index >= 15 is 0 Å². The first-order chi connectivity index (χ1) is 14.1. The van der Waals surface area contributed by atoms with Gasteiger partial charge in [0.25, 0.3) is 5.91 Å². The monoisotopic (exact) mass is 427 g/mol. The number of para-hydroxylation sites is 1. The van der Waals surface area contributed by atoms with Crippen molar-refractivity contribution < 1.29 is 9.53 Å². The minimum atomic E-state index is 0.0290. The van der Waals surface area contributed by atoms with E-state index in [4.69, 9.17) is 21.3 Å². The van der Waals surface area contributed by atoms with Crippen molar-refractivity contribution in [1.82, 2.24) is 14.8 Å². The Kier molecular flexibility index (Phi) is 6.13. The van der Waals surface area contributed by atoms with Gasteiger partial charge < -0.3 is 9.64 Å². The van der Waals surface area contributed by atoms with Crippen LogP contribution in [0, 0.1) is 0 Å². The maximum Gasteiger partial charge on any atom is 0.257 e. The molecule has 2 aromatic carbocycles. The molecule has 7 heteroatoms. The van der Waals surface area contributed by atoms with Crippen molar-refractivity contribution in [3.8, 4) is 17.0 Å². The van der Waals surface area contributed by atoms with E-state index in [1.165, 1.54) is 0 Å². The van der Waals surface area contributed by atoms with Crippen molar-refractivity contribution in [1.29, 1.82) is 0 Å². The number of rotatable bonds is 5. The Labute approximate surface area is 179 Å². The van der Waals surface area contributed by atoms with E-state index in [1.54, 1.807) is 18.4 Å². The van der Waals surface area contributed by atoms with E-state index in [0.29, 0.717) is 24.4 Å². The third-order valence-electron chi connectivity index (χ3n) is 5.05. The molecule has 29 heavy (non-hydrogen) atoms. The zero-order valence-corrected chi connectivity index (χ0v) is 17.7. The Morgan fingerprint density at radius 2 is 1.83 bits per heavy atom. The summed E-state index contributed by atoms with van der Waals surface area (Å²) >= 11 is 7.63. The van der Waals surface area contributed by atoms with E-state index < -0.39 is 0 Å². The van der Waals surface area contributed by atoms with Gasteiger partial charge in [-0.1, -0.05) is 35.9 Å². The number of halogens is 1. The van der Waals surface area contributed by atoms with E-state index in [1.807, 2.05) is 53.4 Å². The van der Waals surface area contributed by atoms with Gasteiger partial charge in [-0.2, -0.15) is 0 Å². The number of hydrogen-bond acceptors (Lipinski definition) is 5. The molecule has 5 nitrogen and oxygen atoms in total. The van der Waals surface area contributed by atoms with Crippen molar-refractivity contribution in [2.24, 2.45) is 0 Å². The van der Waals surface area contributed by atoms with Crippen LogP contribution in [0.1, 0.15) is 15.4 Å². The third-order valence-corrected chi connectivity index (χ3v) is 6.13. The van der Waals surface area contributed by atoms with Gasteiger partial charge >= 0.3 is 0 Å². The highest BCUT2D eigenvalue weighted by Gasteiger charge is 2.24. The van der Waals surface area contributed by atoms with Crippen LogP contribution >= 0.6 is 22.9 Å². The molecule has 0 saturated carbocycles. The van der Waals surface area contributed by atoms with Crippen LogP contribution < -0.4 is 4.74 Å². The van der Waals surface area contributed by atoms with Crippen molar-refractivity contribution in [2.75, 3.05) is 33.3 Å². The molecule has 0 bridgehead atoms. The van der Waals surface area contributed by atoms with Gasteiger partial charge in [-0.25, -0.2) is 4.98 Å². The lowest BCUT2D eigenvalue weighted by atomic mass is 10.1. The summed E-state index contributed by atoms with van der Waals surface area (Å²) in [6, 6.07) is 15.1. The minimum absolute atomic E-state index is 0.0290. The second-order valence-corrected chi connectivity index (χ2v) is 8.28. The highest BCUT2D eigenvalue weighted by Crippen LogP contribution is 2.25. The molecular formula is C22H22ClN3O2S. The number of hydrogen-bond donors (Lipinski definition) is 0. The molecule has 2 heterocycles. The quantitative estimate of drug-likeness (QED) is 0.604. The van der Waals surface area contributed by atoms with Gasteiger partial charge in [-0.15, -0.1) is 11.3 Å². The largest absolute Gasteiger partial charge is 0.496 e. The molecule has 4 rings (SSSR count). The molecule has 3 aromatic rings. The Morgan fingerprint density at radius 3 is 2.55 bits per heavy atom. The summed E-state index contributed by atoms with van der Waals surface area (Å²) in [5.41, 5.74) is 2.67. The van der Waals surface area contributed by atoms with Gasteiger partial charge in [-0.3, -0.25) is 9.69 Å². The predicted octanol–water partition coefficient (Wildman–Crippen LogP) is 4.43. The average molecular weight is 428 g/mol. The summed E-state index contributed by atoms with van der Waals surface area (Å²) in [6.07, 6.45) is 0. The summed E-state index contributed by atoms with van der Waals surface area (Å²) in [4.78, 5) is 21.8. The van der Waals surface area contributed by atoms with Crippen LogP contribution in [-0.4, -0.2) is 54.0 Å². The van der Waals surface area contributed by atoms with Crippen LogP contribution in [0.4, 0.5) is 0 Å². The maximum atomic E-state index is 12.8. The van der Waals surface area contributed by atoms with Crippen LogP contribution in [0.25, 0.3) is 11.3 Å². The van der Waals surface area contributed by atoms with Crippen LogP contribution in [0.15, 0.2) is 53.9 Å². The SMILES string of the molecule is COc1ccccc1C(=O)N1CCN(Cc2nc(-c3ccc(Cl)cc3)cs2)CC1. The summed E-state index contributed by atoms with van der Waals surface area (Å²) in [7, 11) is 1.59. The first kappa shape index (κ1) is 19.9. The third kappa shape index (κ3) is 4.61. The number of thiazole rings is 1. The molecule has 1 aliphatic rings. The second-order valence-electron chi connectivity index (χ2n) is 6.90. The van der Waals surface area contributed by atoms with Crippen LogP contribution in [0.2, 0.25) is 5.02 Å². The van der Waals surface area contributed by atoms with Crippen LogP contribution in [-0.2, 0) is 6.54 Å². The van der Waals surface area contributed by atoms with Crippen molar-refractivity contribution in [3.63, 3.8) is 0 Å². The zero-order chi connectivity index (χ0) is 20.2. The molecule has 0 unspecified atom stereocenters. The fourth-order valence-corrected chi connectivity index (χ4v) is 4.40. The molecule has 0 aliphatic carbocycles. The fraction of sp³-hybridized carbons (Fsp3) is 0.273. The zero-order valence-electron chi connectivity index (χ0n) is 16.2. The van der Waals surface area contributed by atoms with Crippen LogP contribution in [0.3, 0.4) is 0 Å². The predicted molar refractivity (Wildman–Crippen MR) is 117 cm³/mol. The normalized spacial score (nSPS) is 14.8. The minimum Gasteiger partial charge on any atom is -0.496 e. The maximum absolute atomic E-state index is 12.8.